The van der Waals surface area contributed by atoms with E-state index in [2.05, 4.69) is 12.2 Å². The Morgan fingerprint density at radius 1 is 1.35 bits per heavy atom. The Bertz CT molecular complexity index is 243. The molecule has 98 valence electrons. The maximum Gasteiger partial charge on any atom is 0.0876 e. The lowest BCUT2D eigenvalue weighted by Gasteiger charge is -2.25. The van der Waals surface area contributed by atoms with E-state index in [9.17, 15) is 0 Å². The molecule has 0 amide bonds. The molecular formula is C15H27NO. The Morgan fingerprint density at radius 2 is 2.18 bits per heavy atom. The lowest BCUT2D eigenvalue weighted by atomic mass is 9.93. The highest BCUT2D eigenvalue weighted by Crippen LogP contribution is 2.30. The molecule has 0 spiro atoms. The van der Waals surface area contributed by atoms with Gasteiger partial charge in [0.1, 0.15) is 0 Å². The molecule has 2 heteroatoms. The first-order valence-corrected chi connectivity index (χ1v) is 7.44. The summed E-state index contributed by atoms with van der Waals surface area (Å²) in [5.41, 5.74) is 1.50. The molecule has 17 heavy (non-hydrogen) atoms. The number of likely N-dealkylation sites (N-methyl/N-ethyl adjacent to an activating group) is 1. The fourth-order valence-corrected chi connectivity index (χ4v) is 3.21. The van der Waals surface area contributed by atoms with Gasteiger partial charge in [-0.25, -0.2) is 0 Å². The van der Waals surface area contributed by atoms with E-state index in [1.54, 1.807) is 0 Å². The van der Waals surface area contributed by atoms with Crippen molar-refractivity contribution < 1.29 is 4.74 Å². The first-order valence-electron chi connectivity index (χ1n) is 7.44. The van der Waals surface area contributed by atoms with E-state index in [4.69, 9.17) is 4.74 Å². The van der Waals surface area contributed by atoms with Crippen LogP contribution < -0.4 is 5.32 Å². The maximum atomic E-state index is 5.48. The number of hydrogen-bond donors (Lipinski definition) is 1. The molecule has 0 aromatic heterocycles. The Labute approximate surface area is 106 Å². The number of nitrogens with one attached hydrogen (secondary N) is 1. The van der Waals surface area contributed by atoms with Crippen LogP contribution in [0, 0.1) is 5.92 Å². The Kier molecular flexibility index (Phi) is 5.37. The minimum absolute atomic E-state index is 0.570. The van der Waals surface area contributed by atoms with Crippen molar-refractivity contribution in [3.63, 3.8) is 0 Å². The summed E-state index contributed by atoms with van der Waals surface area (Å²) >= 11 is 0. The summed E-state index contributed by atoms with van der Waals surface area (Å²) in [6, 6.07) is 0.570. The molecule has 1 fully saturated rings. The van der Waals surface area contributed by atoms with Crippen molar-refractivity contribution >= 4 is 0 Å². The molecule has 1 atom stereocenters. The van der Waals surface area contributed by atoms with Crippen LogP contribution in [0.3, 0.4) is 0 Å². The second kappa shape index (κ2) is 7.05. The van der Waals surface area contributed by atoms with Gasteiger partial charge in [0, 0.05) is 6.04 Å². The molecule has 1 aliphatic carbocycles. The molecule has 0 aromatic rings. The van der Waals surface area contributed by atoms with Crippen LogP contribution in [0.2, 0.25) is 0 Å². The van der Waals surface area contributed by atoms with E-state index in [0.29, 0.717) is 6.04 Å². The standard InChI is InChI=1S/C15H27NO/c1-2-16-15(14-8-5-11-17-12-14)10-9-13-6-3-4-7-13/h12-13,15-16H,2-11H2,1H3. The van der Waals surface area contributed by atoms with Crippen LogP contribution in [0.4, 0.5) is 0 Å². The van der Waals surface area contributed by atoms with Crippen molar-refractivity contribution in [3.8, 4) is 0 Å². The molecule has 0 saturated heterocycles. The molecular weight excluding hydrogens is 210 g/mol. The zero-order valence-corrected chi connectivity index (χ0v) is 11.2. The Morgan fingerprint density at radius 3 is 2.82 bits per heavy atom. The summed E-state index contributed by atoms with van der Waals surface area (Å²) in [7, 11) is 0. The van der Waals surface area contributed by atoms with Crippen LogP contribution in [0.15, 0.2) is 11.8 Å². The fourth-order valence-electron chi connectivity index (χ4n) is 3.21. The second-order valence-electron chi connectivity index (χ2n) is 5.51. The van der Waals surface area contributed by atoms with Crippen LogP contribution >= 0.6 is 0 Å². The van der Waals surface area contributed by atoms with E-state index >= 15 is 0 Å². The summed E-state index contributed by atoms with van der Waals surface area (Å²) < 4.78 is 5.48. The van der Waals surface area contributed by atoms with Crippen LogP contribution in [-0.4, -0.2) is 19.2 Å². The van der Waals surface area contributed by atoms with E-state index in [1.165, 1.54) is 56.9 Å². The lowest BCUT2D eigenvalue weighted by molar-refractivity contribution is 0.218. The molecule has 1 N–H and O–H groups in total. The average Bonchev–Trinajstić information content (AvgIpc) is 2.88. The highest BCUT2D eigenvalue weighted by molar-refractivity contribution is 5.10. The van der Waals surface area contributed by atoms with Gasteiger partial charge in [-0.2, -0.15) is 0 Å². The Balaban J connectivity index is 1.80. The number of ether oxygens (including phenoxy) is 1. The summed E-state index contributed by atoms with van der Waals surface area (Å²) in [4.78, 5) is 0. The van der Waals surface area contributed by atoms with Gasteiger partial charge >= 0.3 is 0 Å². The van der Waals surface area contributed by atoms with Crippen molar-refractivity contribution in [1.29, 1.82) is 0 Å². The van der Waals surface area contributed by atoms with Crippen LogP contribution in [-0.2, 0) is 4.74 Å². The van der Waals surface area contributed by atoms with E-state index in [1.807, 2.05) is 6.26 Å². The molecule has 1 aliphatic heterocycles. The largest absolute Gasteiger partial charge is 0.501 e. The van der Waals surface area contributed by atoms with Crippen molar-refractivity contribution in [3.05, 3.63) is 11.8 Å². The summed E-state index contributed by atoms with van der Waals surface area (Å²) in [5.74, 6) is 1.00. The first kappa shape index (κ1) is 12.9. The van der Waals surface area contributed by atoms with Gasteiger partial charge in [-0.05, 0) is 43.7 Å². The van der Waals surface area contributed by atoms with Gasteiger partial charge in [-0.15, -0.1) is 0 Å². The van der Waals surface area contributed by atoms with Crippen molar-refractivity contribution in [2.45, 2.75) is 64.3 Å². The van der Waals surface area contributed by atoms with Gasteiger partial charge in [-0.1, -0.05) is 32.6 Å². The second-order valence-corrected chi connectivity index (χ2v) is 5.51. The van der Waals surface area contributed by atoms with Gasteiger partial charge in [0.15, 0.2) is 0 Å². The average molecular weight is 237 g/mol. The SMILES string of the molecule is CCNC(CCC1CCCC1)C1=COCCC1. The Hall–Kier alpha value is -0.500. The molecule has 0 radical (unpaired) electrons. The molecule has 2 nitrogen and oxygen atoms in total. The van der Waals surface area contributed by atoms with Crippen LogP contribution in [0.1, 0.15) is 58.3 Å². The summed E-state index contributed by atoms with van der Waals surface area (Å²) in [5, 5.41) is 3.63. The van der Waals surface area contributed by atoms with E-state index < -0.39 is 0 Å². The topological polar surface area (TPSA) is 21.3 Å². The van der Waals surface area contributed by atoms with Crippen LogP contribution in [0.25, 0.3) is 0 Å². The molecule has 1 heterocycles. The minimum Gasteiger partial charge on any atom is -0.501 e. The molecule has 1 saturated carbocycles. The van der Waals surface area contributed by atoms with E-state index in [-0.39, 0.29) is 0 Å². The highest BCUT2D eigenvalue weighted by atomic mass is 16.5. The molecule has 1 unspecified atom stereocenters. The van der Waals surface area contributed by atoms with Gasteiger partial charge in [-0.3, -0.25) is 0 Å². The molecule has 2 aliphatic rings. The summed E-state index contributed by atoms with van der Waals surface area (Å²) in [6.07, 6.45) is 13.0. The lowest BCUT2D eigenvalue weighted by Crippen LogP contribution is -2.32. The van der Waals surface area contributed by atoms with Crippen molar-refractivity contribution in [2.75, 3.05) is 13.2 Å². The van der Waals surface area contributed by atoms with Gasteiger partial charge < -0.3 is 10.1 Å². The van der Waals surface area contributed by atoms with Gasteiger partial charge in [0.25, 0.3) is 0 Å². The third-order valence-corrected chi connectivity index (χ3v) is 4.20. The molecule has 2 rings (SSSR count). The predicted molar refractivity (Wildman–Crippen MR) is 71.9 cm³/mol. The zero-order valence-electron chi connectivity index (χ0n) is 11.2. The van der Waals surface area contributed by atoms with Crippen LogP contribution in [0.5, 0.6) is 0 Å². The smallest absolute Gasteiger partial charge is 0.0876 e. The van der Waals surface area contributed by atoms with E-state index in [0.717, 1.165) is 19.1 Å². The number of rotatable bonds is 6. The third-order valence-electron chi connectivity index (χ3n) is 4.20. The van der Waals surface area contributed by atoms with Gasteiger partial charge in [0.05, 0.1) is 12.9 Å². The monoisotopic (exact) mass is 237 g/mol. The third kappa shape index (κ3) is 4.02. The maximum absolute atomic E-state index is 5.48. The highest BCUT2D eigenvalue weighted by Gasteiger charge is 2.20. The van der Waals surface area contributed by atoms with Crippen molar-refractivity contribution in [1.82, 2.24) is 5.32 Å². The number of hydrogen-bond acceptors (Lipinski definition) is 2. The van der Waals surface area contributed by atoms with Crippen molar-refractivity contribution in [2.24, 2.45) is 5.92 Å². The normalized spacial score (nSPS) is 23.2. The zero-order chi connectivity index (χ0) is 11.9. The first-order chi connectivity index (χ1) is 8.40. The van der Waals surface area contributed by atoms with Gasteiger partial charge in [0.2, 0.25) is 0 Å². The molecule has 0 bridgehead atoms. The summed E-state index contributed by atoms with van der Waals surface area (Å²) in [6.45, 7) is 4.17. The fraction of sp³-hybridized carbons (Fsp3) is 0.867. The quantitative estimate of drug-likeness (QED) is 0.761. The minimum atomic E-state index is 0.570. The molecule has 0 aromatic carbocycles. The predicted octanol–water partition coefficient (Wildman–Crippen LogP) is 3.63.